The summed E-state index contributed by atoms with van der Waals surface area (Å²) in [6.07, 6.45) is -5.60. The maximum Gasteiger partial charge on any atom is 0.416 e. The number of amides is 2. The van der Waals surface area contributed by atoms with Crippen molar-refractivity contribution < 1.29 is 37.8 Å². The quantitative estimate of drug-likeness (QED) is 0.240. The zero-order valence-electron chi connectivity index (χ0n) is 22.0. The van der Waals surface area contributed by atoms with Crippen LogP contribution in [0.1, 0.15) is 39.5 Å². The third-order valence-corrected chi connectivity index (χ3v) is 5.81. The summed E-state index contributed by atoms with van der Waals surface area (Å²) in [5, 5.41) is 26.6. The Labute approximate surface area is 234 Å². The lowest BCUT2D eigenvalue weighted by molar-refractivity contribution is -0.137. The monoisotopic (exact) mass is 567 g/mol. The van der Waals surface area contributed by atoms with Crippen molar-refractivity contribution in [3.63, 3.8) is 0 Å². The highest BCUT2D eigenvalue weighted by Crippen LogP contribution is 2.29. The van der Waals surface area contributed by atoms with E-state index in [2.05, 4.69) is 27.8 Å². The van der Waals surface area contributed by atoms with Gasteiger partial charge >= 0.3 is 6.18 Å². The van der Waals surface area contributed by atoms with E-state index in [1.165, 1.54) is 25.1 Å². The van der Waals surface area contributed by atoms with Gasteiger partial charge in [-0.25, -0.2) is 0 Å². The summed E-state index contributed by atoms with van der Waals surface area (Å²) in [6, 6.07) is 16.7. The van der Waals surface area contributed by atoms with Crippen molar-refractivity contribution in [1.82, 2.24) is 10.6 Å². The fraction of sp³-hybridized carbons (Fsp3) is 0.233. The van der Waals surface area contributed by atoms with Crippen molar-refractivity contribution in [3.8, 4) is 11.8 Å². The predicted molar refractivity (Wildman–Crippen MR) is 146 cm³/mol. The summed E-state index contributed by atoms with van der Waals surface area (Å²) in [7, 11) is 0. The number of nitrogens with one attached hydrogen (secondary N) is 3. The van der Waals surface area contributed by atoms with Crippen LogP contribution in [0.5, 0.6) is 0 Å². The number of hydrogen-bond donors (Lipinski definition) is 5. The van der Waals surface area contributed by atoms with Crippen molar-refractivity contribution in [2.45, 2.75) is 31.8 Å². The number of benzene rings is 3. The van der Waals surface area contributed by atoms with Gasteiger partial charge in [0, 0.05) is 28.9 Å². The first-order chi connectivity index (χ1) is 19.5. The number of hydrogen-bond acceptors (Lipinski definition) is 6. The third-order valence-electron chi connectivity index (χ3n) is 5.81. The smallest absolute Gasteiger partial charge is 0.391 e. The Morgan fingerprint density at radius 2 is 1.54 bits per heavy atom. The molecule has 214 valence electrons. The Hall–Kier alpha value is -4.50. The summed E-state index contributed by atoms with van der Waals surface area (Å²) in [5.41, 5.74) is 1.71. The van der Waals surface area contributed by atoms with E-state index in [9.17, 15) is 32.7 Å². The van der Waals surface area contributed by atoms with Crippen LogP contribution in [0.25, 0.3) is 0 Å². The van der Waals surface area contributed by atoms with Crippen molar-refractivity contribution in [3.05, 3.63) is 101 Å². The van der Waals surface area contributed by atoms with E-state index < -0.39 is 42.2 Å². The van der Waals surface area contributed by atoms with Gasteiger partial charge in [-0.3, -0.25) is 14.4 Å². The van der Waals surface area contributed by atoms with E-state index in [0.717, 1.165) is 12.1 Å². The maximum atomic E-state index is 12.8. The second kappa shape index (κ2) is 14.2. The molecule has 0 bridgehead atoms. The fourth-order valence-corrected chi connectivity index (χ4v) is 3.66. The van der Waals surface area contributed by atoms with E-state index in [4.69, 9.17) is 5.11 Å². The molecule has 0 saturated carbocycles. The van der Waals surface area contributed by atoms with Crippen molar-refractivity contribution >= 4 is 23.3 Å². The first kappa shape index (κ1) is 31.0. The molecular weight excluding hydrogens is 539 g/mol. The van der Waals surface area contributed by atoms with E-state index in [1.807, 2.05) is 0 Å². The van der Waals surface area contributed by atoms with Crippen molar-refractivity contribution in [1.29, 1.82) is 0 Å². The molecule has 0 heterocycles. The number of halogens is 3. The van der Waals surface area contributed by atoms with Crippen LogP contribution in [0, 0.1) is 11.8 Å². The number of ketones is 1. The van der Waals surface area contributed by atoms with E-state index >= 15 is 0 Å². The van der Waals surface area contributed by atoms with Gasteiger partial charge in [0.2, 0.25) is 5.91 Å². The number of rotatable bonds is 10. The Bertz CT molecular complexity index is 1430. The molecule has 3 aromatic rings. The number of carbonyl (C=O) groups excluding carboxylic acids is 3. The van der Waals surface area contributed by atoms with E-state index in [1.54, 1.807) is 42.5 Å². The molecule has 0 fully saturated rings. The number of alkyl halides is 3. The number of aliphatic hydroxyl groups is 2. The summed E-state index contributed by atoms with van der Waals surface area (Å²) < 4.78 is 38.5. The Kier molecular flexibility index (Phi) is 10.8. The SMILES string of the molecule is C[C@@H](O)[C@H](NC(=O)c1ccc(C#Cc2ccc(NC(=O)CNCc3cccc(C(F)(F)F)c3)cc2)cc1)C(=O)CO. The lowest BCUT2D eigenvalue weighted by Gasteiger charge is -2.19. The fourth-order valence-electron chi connectivity index (χ4n) is 3.66. The minimum absolute atomic E-state index is 0.0940. The highest BCUT2D eigenvalue weighted by atomic mass is 19.4. The van der Waals surface area contributed by atoms with E-state index in [-0.39, 0.29) is 24.6 Å². The van der Waals surface area contributed by atoms with Crippen molar-refractivity contribution in [2.24, 2.45) is 0 Å². The number of carbonyl (C=O) groups is 3. The maximum absolute atomic E-state index is 12.8. The van der Waals surface area contributed by atoms with Crippen molar-refractivity contribution in [2.75, 3.05) is 18.5 Å². The van der Waals surface area contributed by atoms with Crippen LogP contribution in [0.4, 0.5) is 18.9 Å². The molecule has 0 radical (unpaired) electrons. The van der Waals surface area contributed by atoms with Gasteiger partial charge in [-0.15, -0.1) is 0 Å². The molecule has 8 nitrogen and oxygen atoms in total. The van der Waals surface area contributed by atoms with Crippen LogP contribution in [0.15, 0.2) is 72.8 Å². The lowest BCUT2D eigenvalue weighted by atomic mass is 10.1. The van der Waals surface area contributed by atoms with Crippen LogP contribution >= 0.6 is 0 Å². The zero-order chi connectivity index (χ0) is 30.0. The Morgan fingerprint density at radius 1 is 0.927 bits per heavy atom. The third kappa shape index (κ3) is 9.58. The molecule has 0 aromatic heterocycles. The van der Waals surface area contributed by atoms with Gasteiger partial charge in [-0.05, 0) is 67.1 Å². The molecule has 0 spiro atoms. The van der Waals surface area contributed by atoms with Gasteiger partial charge in [-0.2, -0.15) is 13.2 Å². The number of anilines is 1. The van der Waals surface area contributed by atoms with Crippen LogP contribution in [0.2, 0.25) is 0 Å². The van der Waals surface area contributed by atoms with Gasteiger partial charge in [0.15, 0.2) is 5.78 Å². The largest absolute Gasteiger partial charge is 0.416 e. The van der Waals surface area contributed by atoms with Crippen LogP contribution in [-0.4, -0.2) is 53.1 Å². The molecular formula is C30H28F3N3O5. The summed E-state index contributed by atoms with van der Waals surface area (Å²) in [4.78, 5) is 36.3. The van der Waals surface area contributed by atoms with Gasteiger partial charge in [0.1, 0.15) is 12.6 Å². The number of Topliss-reactive ketones (excluding diaryl/α,β-unsaturated/α-hetero) is 1. The lowest BCUT2D eigenvalue weighted by Crippen LogP contribution is -2.48. The van der Waals surface area contributed by atoms with E-state index in [0.29, 0.717) is 22.4 Å². The molecule has 11 heteroatoms. The normalized spacial score (nSPS) is 12.4. The minimum atomic E-state index is -4.43. The Balaban J connectivity index is 1.50. The van der Waals surface area contributed by atoms with Crippen LogP contribution < -0.4 is 16.0 Å². The Morgan fingerprint density at radius 3 is 2.10 bits per heavy atom. The molecule has 3 aromatic carbocycles. The molecule has 0 unspecified atom stereocenters. The summed E-state index contributed by atoms with van der Waals surface area (Å²) >= 11 is 0. The molecule has 5 N–H and O–H groups in total. The molecule has 2 atom stereocenters. The number of aliphatic hydroxyl groups excluding tert-OH is 2. The van der Waals surface area contributed by atoms with Gasteiger partial charge in [0.25, 0.3) is 5.91 Å². The van der Waals surface area contributed by atoms with Crippen LogP contribution in [0.3, 0.4) is 0 Å². The first-order valence-corrected chi connectivity index (χ1v) is 12.5. The topological polar surface area (TPSA) is 128 Å². The molecule has 0 saturated heterocycles. The molecule has 41 heavy (non-hydrogen) atoms. The average molecular weight is 568 g/mol. The van der Waals surface area contributed by atoms with Gasteiger partial charge < -0.3 is 26.2 Å². The second-order valence-corrected chi connectivity index (χ2v) is 9.07. The molecule has 0 aliphatic rings. The molecule has 2 amide bonds. The zero-order valence-corrected chi connectivity index (χ0v) is 22.0. The van der Waals surface area contributed by atoms with Gasteiger partial charge in [-0.1, -0.05) is 30.0 Å². The van der Waals surface area contributed by atoms with Gasteiger partial charge in [0.05, 0.1) is 18.2 Å². The molecule has 0 aliphatic heterocycles. The minimum Gasteiger partial charge on any atom is -0.391 e. The predicted octanol–water partition coefficient (Wildman–Crippen LogP) is 2.87. The molecule has 0 aliphatic carbocycles. The summed E-state index contributed by atoms with van der Waals surface area (Å²) in [6.45, 7) is 0.539. The van der Waals surface area contributed by atoms with Crippen LogP contribution in [-0.2, 0) is 22.3 Å². The highest BCUT2D eigenvalue weighted by molar-refractivity contribution is 5.98. The standard InChI is InChI=1S/C30H28F3N3O5/c1-19(38)28(26(39)18-37)36-29(41)23-11-7-20(8-12-23)5-6-21-9-13-25(14-10-21)35-27(40)17-34-16-22-3-2-4-24(15-22)30(31,32)33/h2-4,7-15,19,28,34,37-38H,16-18H2,1H3,(H,35,40)(H,36,41)/t19-,28+/m1/s1. The second-order valence-electron chi connectivity index (χ2n) is 9.07. The first-order valence-electron chi connectivity index (χ1n) is 12.5. The average Bonchev–Trinajstić information content (AvgIpc) is 2.95. The highest BCUT2D eigenvalue weighted by Gasteiger charge is 2.30. The summed E-state index contributed by atoms with van der Waals surface area (Å²) in [5.74, 6) is 4.27. The molecule has 3 rings (SSSR count).